The first kappa shape index (κ1) is 28.5. The van der Waals surface area contributed by atoms with Crippen LogP contribution in [-0.4, -0.2) is 61.4 Å². The largest absolute Gasteiger partial charge is 0.444 e. The molecule has 11 heteroatoms. The molecule has 0 bridgehead atoms. The molecule has 3 heterocycles. The maximum atomic E-state index is 13.5. The minimum atomic E-state index is -0.499. The van der Waals surface area contributed by atoms with Gasteiger partial charge in [0.15, 0.2) is 5.69 Å². The monoisotopic (exact) mass is 560 g/mol. The van der Waals surface area contributed by atoms with Crippen molar-refractivity contribution in [2.75, 3.05) is 24.1 Å². The highest BCUT2D eigenvalue weighted by atomic mass is 16.6. The molecule has 0 unspecified atom stereocenters. The van der Waals surface area contributed by atoms with Crippen LogP contribution < -0.4 is 16.4 Å². The third-order valence-corrected chi connectivity index (χ3v) is 7.61. The summed E-state index contributed by atoms with van der Waals surface area (Å²) in [6.07, 6.45) is 3.85. The van der Waals surface area contributed by atoms with Gasteiger partial charge >= 0.3 is 6.09 Å². The molecule has 1 aromatic carbocycles. The number of anilines is 2. The summed E-state index contributed by atoms with van der Waals surface area (Å²) in [5.74, 6) is -0.0590. The molecular formula is C30H40N8O3. The number of rotatable bonds is 5. The lowest BCUT2D eigenvalue weighted by Gasteiger charge is -2.32. The molecule has 41 heavy (non-hydrogen) atoms. The number of likely N-dealkylation sites (tertiary alicyclic amines) is 1. The molecule has 0 spiro atoms. The summed E-state index contributed by atoms with van der Waals surface area (Å²) in [4.78, 5) is 36.5. The van der Waals surface area contributed by atoms with Gasteiger partial charge in [-0.15, -0.1) is 0 Å². The Labute approximate surface area is 240 Å². The van der Waals surface area contributed by atoms with Crippen molar-refractivity contribution in [2.45, 2.75) is 77.5 Å². The topological polar surface area (TPSA) is 140 Å². The molecule has 4 N–H and O–H groups in total. The van der Waals surface area contributed by atoms with Crippen molar-refractivity contribution >= 4 is 23.6 Å². The number of nitrogens with zero attached hydrogens (tertiary/aromatic N) is 5. The molecule has 1 aliphatic carbocycles. The summed E-state index contributed by atoms with van der Waals surface area (Å²) in [6, 6.07) is 8.05. The van der Waals surface area contributed by atoms with E-state index in [1.165, 1.54) is 0 Å². The van der Waals surface area contributed by atoms with Crippen LogP contribution >= 0.6 is 0 Å². The smallest absolute Gasteiger partial charge is 0.407 e. The first-order chi connectivity index (χ1) is 19.3. The number of aromatic nitrogens is 4. The predicted molar refractivity (Wildman–Crippen MR) is 157 cm³/mol. The molecule has 11 nitrogen and oxygen atoms in total. The van der Waals surface area contributed by atoms with Crippen LogP contribution in [0.3, 0.4) is 0 Å². The lowest BCUT2D eigenvalue weighted by Crippen LogP contribution is -2.45. The molecule has 5 rings (SSSR count). The number of fused-ring (bicyclic) bond motifs is 3. The van der Waals surface area contributed by atoms with Gasteiger partial charge < -0.3 is 21.1 Å². The number of nitrogens with one attached hydrogen (secondary N) is 2. The third-order valence-electron chi connectivity index (χ3n) is 7.61. The number of hydrogen-bond acceptors (Lipinski definition) is 8. The minimum absolute atomic E-state index is 0.124. The van der Waals surface area contributed by atoms with E-state index in [1.54, 1.807) is 10.9 Å². The Bertz CT molecular complexity index is 1450. The normalized spacial score (nSPS) is 16.9. The van der Waals surface area contributed by atoms with E-state index in [1.807, 2.05) is 52.1 Å². The lowest BCUT2D eigenvalue weighted by atomic mass is 9.73. The Morgan fingerprint density at radius 1 is 1.15 bits per heavy atom. The summed E-state index contributed by atoms with van der Waals surface area (Å²) in [5.41, 5.74) is 10.7. The van der Waals surface area contributed by atoms with Crippen LogP contribution in [-0.2, 0) is 30.2 Å². The summed E-state index contributed by atoms with van der Waals surface area (Å²) in [6.45, 7) is 12.4. The standard InChI is InChI=1S/C30H40N8O3/c1-29(2,3)41-28(40)34-21-11-13-38(14-12-21)17-18-7-9-20(10-8-18)33-26(39)24-22-25(37(6)36-24)23-19(15-30(22,4)5)16-32-27(31)35-23/h7-10,16,21H,11-15,17H2,1-6H3,(H,33,39)(H,34,40)(H2,31,32,35). The first-order valence-corrected chi connectivity index (χ1v) is 14.1. The summed E-state index contributed by atoms with van der Waals surface area (Å²) >= 11 is 0. The van der Waals surface area contributed by atoms with Gasteiger partial charge in [-0.05, 0) is 68.7 Å². The fraction of sp³-hybridized carbons (Fsp3) is 0.500. The van der Waals surface area contributed by atoms with Crippen molar-refractivity contribution in [3.63, 3.8) is 0 Å². The van der Waals surface area contributed by atoms with E-state index in [9.17, 15) is 9.59 Å². The highest BCUT2D eigenvalue weighted by Gasteiger charge is 2.39. The van der Waals surface area contributed by atoms with E-state index in [2.05, 4.69) is 44.4 Å². The number of nitrogens with two attached hydrogens (primary N) is 1. The fourth-order valence-electron chi connectivity index (χ4n) is 5.77. The maximum Gasteiger partial charge on any atom is 0.407 e. The predicted octanol–water partition coefficient (Wildman–Crippen LogP) is 4.03. The number of carbonyl (C=O) groups excluding carboxylic acids is 2. The highest BCUT2D eigenvalue weighted by Crippen LogP contribution is 2.43. The fourth-order valence-corrected chi connectivity index (χ4v) is 5.77. The Morgan fingerprint density at radius 2 is 1.83 bits per heavy atom. The SMILES string of the molecule is Cn1nc(C(=O)Nc2ccc(CN3CCC(NC(=O)OC(C)(C)C)CC3)cc2)c2c1-c1nc(N)ncc1CC2(C)C. The van der Waals surface area contributed by atoms with Crippen LogP contribution in [0.15, 0.2) is 30.5 Å². The van der Waals surface area contributed by atoms with E-state index in [-0.39, 0.29) is 29.4 Å². The second kappa shape index (κ2) is 10.8. The van der Waals surface area contributed by atoms with Crippen molar-refractivity contribution in [3.8, 4) is 11.4 Å². The quantitative estimate of drug-likeness (QED) is 0.425. The first-order valence-electron chi connectivity index (χ1n) is 14.1. The van der Waals surface area contributed by atoms with Crippen LogP contribution in [0.25, 0.3) is 11.4 Å². The molecule has 2 aromatic heterocycles. The van der Waals surface area contributed by atoms with Crippen LogP contribution in [0.5, 0.6) is 0 Å². The zero-order chi connectivity index (χ0) is 29.5. The number of piperidine rings is 1. The van der Waals surface area contributed by atoms with E-state index in [0.717, 1.165) is 60.6 Å². The molecule has 0 atom stereocenters. The second-order valence-corrected chi connectivity index (χ2v) is 12.7. The third kappa shape index (κ3) is 6.35. The van der Waals surface area contributed by atoms with Gasteiger partial charge in [0.2, 0.25) is 5.95 Å². The number of nitrogen functional groups attached to an aromatic ring is 1. The van der Waals surface area contributed by atoms with Gasteiger partial charge in [-0.2, -0.15) is 5.10 Å². The number of ether oxygens (including phenoxy) is 1. The van der Waals surface area contributed by atoms with Gasteiger partial charge in [-0.1, -0.05) is 26.0 Å². The summed E-state index contributed by atoms with van der Waals surface area (Å²) in [5, 5.41) is 10.6. The van der Waals surface area contributed by atoms with E-state index < -0.39 is 5.60 Å². The molecule has 0 radical (unpaired) electrons. The van der Waals surface area contributed by atoms with Crippen molar-refractivity contribution in [2.24, 2.45) is 7.05 Å². The number of hydrogen-bond donors (Lipinski definition) is 3. The van der Waals surface area contributed by atoms with E-state index in [4.69, 9.17) is 10.5 Å². The average Bonchev–Trinajstić information content (AvgIpc) is 3.24. The average molecular weight is 561 g/mol. The molecule has 2 amide bonds. The molecule has 2 aliphatic rings. The zero-order valence-electron chi connectivity index (χ0n) is 24.7. The Balaban J connectivity index is 1.21. The molecule has 218 valence electrons. The molecular weight excluding hydrogens is 520 g/mol. The second-order valence-electron chi connectivity index (χ2n) is 12.7. The lowest BCUT2D eigenvalue weighted by molar-refractivity contribution is 0.0477. The summed E-state index contributed by atoms with van der Waals surface area (Å²) < 4.78 is 7.09. The van der Waals surface area contributed by atoms with Crippen LogP contribution in [0.2, 0.25) is 0 Å². The molecule has 3 aromatic rings. The molecule has 0 saturated carbocycles. The Kier molecular flexibility index (Phi) is 7.50. The Morgan fingerprint density at radius 3 is 2.49 bits per heavy atom. The van der Waals surface area contributed by atoms with E-state index in [0.29, 0.717) is 17.8 Å². The van der Waals surface area contributed by atoms with Gasteiger partial charge in [-0.25, -0.2) is 14.8 Å². The van der Waals surface area contributed by atoms with Gasteiger partial charge in [-0.3, -0.25) is 14.4 Å². The van der Waals surface area contributed by atoms with Crippen molar-refractivity contribution in [1.29, 1.82) is 0 Å². The van der Waals surface area contributed by atoms with Crippen LogP contribution in [0.1, 0.15) is 74.6 Å². The minimum Gasteiger partial charge on any atom is -0.444 e. The maximum absolute atomic E-state index is 13.5. The molecule has 1 aliphatic heterocycles. The van der Waals surface area contributed by atoms with Crippen LogP contribution in [0, 0.1) is 0 Å². The highest BCUT2D eigenvalue weighted by molar-refractivity contribution is 6.05. The number of amides is 2. The summed E-state index contributed by atoms with van der Waals surface area (Å²) in [7, 11) is 1.82. The van der Waals surface area contributed by atoms with Gasteiger partial charge in [0.05, 0.1) is 11.4 Å². The Hall–Kier alpha value is -3.99. The number of aryl methyl sites for hydroxylation is 1. The van der Waals surface area contributed by atoms with Gasteiger partial charge in [0, 0.05) is 50.2 Å². The van der Waals surface area contributed by atoms with Crippen LogP contribution in [0.4, 0.5) is 16.4 Å². The molecule has 1 fully saturated rings. The number of benzene rings is 1. The zero-order valence-corrected chi connectivity index (χ0v) is 24.7. The molecule has 1 saturated heterocycles. The van der Waals surface area contributed by atoms with E-state index >= 15 is 0 Å². The number of alkyl carbamates (subject to hydrolysis) is 1. The van der Waals surface area contributed by atoms with Gasteiger partial charge in [0.1, 0.15) is 5.60 Å². The van der Waals surface area contributed by atoms with Crippen molar-refractivity contribution in [3.05, 3.63) is 52.8 Å². The van der Waals surface area contributed by atoms with Crippen molar-refractivity contribution in [1.82, 2.24) is 30.0 Å². The van der Waals surface area contributed by atoms with Gasteiger partial charge in [0.25, 0.3) is 5.91 Å². The number of carbonyl (C=O) groups is 2. The van der Waals surface area contributed by atoms with Crippen molar-refractivity contribution < 1.29 is 14.3 Å².